The van der Waals surface area contributed by atoms with E-state index in [4.69, 9.17) is 5.73 Å². The molecule has 0 radical (unpaired) electrons. The molecule has 0 bridgehead atoms. The van der Waals surface area contributed by atoms with E-state index in [0.29, 0.717) is 0 Å². The Bertz CT molecular complexity index is 241. The molecule has 0 aromatic rings. The van der Waals surface area contributed by atoms with E-state index >= 15 is 0 Å². The first-order valence-corrected chi connectivity index (χ1v) is 6.89. The SMILES string of the molecule is CC.CN1CCN(C(=O)C2(N)CCCC2)CC1. The molecule has 1 aliphatic heterocycles. The molecular weight excluding hydrogens is 214 g/mol. The smallest absolute Gasteiger partial charge is 0.242 e. The van der Waals surface area contributed by atoms with Crippen LogP contribution in [0.5, 0.6) is 0 Å². The van der Waals surface area contributed by atoms with Gasteiger partial charge >= 0.3 is 0 Å². The monoisotopic (exact) mass is 241 g/mol. The summed E-state index contributed by atoms with van der Waals surface area (Å²) in [6, 6.07) is 0. The van der Waals surface area contributed by atoms with E-state index in [1.165, 1.54) is 0 Å². The van der Waals surface area contributed by atoms with Crippen LogP contribution in [0.1, 0.15) is 39.5 Å². The molecule has 1 amide bonds. The maximum absolute atomic E-state index is 12.2. The van der Waals surface area contributed by atoms with Crippen molar-refractivity contribution < 1.29 is 4.79 Å². The Kier molecular flexibility index (Phi) is 5.40. The van der Waals surface area contributed by atoms with Gasteiger partial charge in [0.2, 0.25) is 5.91 Å². The minimum Gasteiger partial charge on any atom is -0.339 e. The number of likely N-dealkylation sites (N-methyl/N-ethyl adjacent to an activating group) is 1. The topological polar surface area (TPSA) is 49.6 Å². The molecular formula is C13H27N3O. The average molecular weight is 241 g/mol. The number of amides is 1. The first kappa shape index (κ1) is 14.5. The minimum absolute atomic E-state index is 0.188. The number of nitrogens with zero attached hydrogens (tertiary/aromatic N) is 2. The van der Waals surface area contributed by atoms with E-state index in [1.807, 2.05) is 18.7 Å². The van der Waals surface area contributed by atoms with Crippen LogP contribution in [0.4, 0.5) is 0 Å². The summed E-state index contributed by atoms with van der Waals surface area (Å²) in [6.07, 6.45) is 3.96. The van der Waals surface area contributed by atoms with Gasteiger partial charge in [0.1, 0.15) is 0 Å². The predicted octanol–water partition coefficient (Wildman–Crippen LogP) is 1.06. The van der Waals surface area contributed by atoms with Crippen molar-refractivity contribution in [2.75, 3.05) is 33.2 Å². The highest BCUT2D eigenvalue weighted by Crippen LogP contribution is 2.29. The summed E-state index contributed by atoms with van der Waals surface area (Å²) in [4.78, 5) is 16.4. The van der Waals surface area contributed by atoms with Crippen molar-refractivity contribution in [3.63, 3.8) is 0 Å². The summed E-state index contributed by atoms with van der Waals surface area (Å²) >= 11 is 0. The summed E-state index contributed by atoms with van der Waals surface area (Å²) in [5, 5.41) is 0. The molecule has 1 saturated carbocycles. The van der Waals surface area contributed by atoms with Gasteiger partial charge < -0.3 is 15.5 Å². The second-order valence-corrected chi connectivity index (χ2v) is 4.96. The molecule has 2 fully saturated rings. The second kappa shape index (κ2) is 6.36. The van der Waals surface area contributed by atoms with Crippen LogP contribution in [0.25, 0.3) is 0 Å². The van der Waals surface area contributed by atoms with Crippen LogP contribution >= 0.6 is 0 Å². The zero-order chi connectivity index (χ0) is 12.9. The lowest BCUT2D eigenvalue weighted by atomic mass is 9.97. The number of rotatable bonds is 1. The molecule has 17 heavy (non-hydrogen) atoms. The Morgan fingerprint density at radius 2 is 1.53 bits per heavy atom. The third-order valence-electron chi connectivity index (χ3n) is 3.71. The minimum atomic E-state index is -0.532. The molecule has 0 aromatic carbocycles. The van der Waals surface area contributed by atoms with E-state index < -0.39 is 5.54 Å². The van der Waals surface area contributed by atoms with Crippen LogP contribution in [0.2, 0.25) is 0 Å². The predicted molar refractivity (Wildman–Crippen MR) is 70.8 cm³/mol. The van der Waals surface area contributed by atoms with Gasteiger partial charge in [-0.25, -0.2) is 0 Å². The fraction of sp³-hybridized carbons (Fsp3) is 0.923. The van der Waals surface area contributed by atoms with Gasteiger partial charge in [-0.1, -0.05) is 26.7 Å². The van der Waals surface area contributed by atoms with E-state index in [-0.39, 0.29) is 5.91 Å². The van der Waals surface area contributed by atoms with Gasteiger partial charge in [-0.15, -0.1) is 0 Å². The summed E-state index contributed by atoms with van der Waals surface area (Å²) in [5.41, 5.74) is 5.63. The van der Waals surface area contributed by atoms with Crippen LogP contribution in [-0.4, -0.2) is 54.5 Å². The standard InChI is InChI=1S/C11H21N3O.C2H6/c1-13-6-8-14(9-7-13)10(15)11(12)4-2-3-5-11;1-2/h2-9,12H2,1H3;1-2H3. The number of carbonyl (C=O) groups excluding carboxylic acids is 1. The molecule has 100 valence electrons. The van der Waals surface area contributed by atoms with Crippen molar-refractivity contribution in [1.29, 1.82) is 0 Å². The molecule has 0 aromatic heterocycles. The normalized spacial score (nSPS) is 24.1. The fourth-order valence-electron chi connectivity index (χ4n) is 2.54. The first-order chi connectivity index (χ1) is 8.12. The van der Waals surface area contributed by atoms with E-state index in [9.17, 15) is 4.79 Å². The summed E-state index contributed by atoms with van der Waals surface area (Å²) in [7, 11) is 2.09. The summed E-state index contributed by atoms with van der Waals surface area (Å²) in [6.45, 7) is 7.63. The average Bonchev–Trinajstić information content (AvgIpc) is 2.80. The number of nitrogens with two attached hydrogens (primary N) is 1. The van der Waals surface area contributed by atoms with Crippen molar-refractivity contribution in [3.8, 4) is 0 Å². The number of hydrogen-bond donors (Lipinski definition) is 1. The van der Waals surface area contributed by atoms with Gasteiger partial charge in [0.05, 0.1) is 5.54 Å². The molecule has 2 N–H and O–H groups in total. The maximum atomic E-state index is 12.2. The Hall–Kier alpha value is -0.610. The summed E-state index contributed by atoms with van der Waals surface area (Å²) in [5.74, 6) is 0.188. The van der Waals surface area contributed by atoms with Crippen molar-refractivity contribution in [2.24, 2.45) is 5.73 Å². The van der Waals surface area contributed by atoms with Gasteiger partial charge in [-0.2, -0.15) is 0 Å². The van der Waals surface area contributed by atoms with Crippen molar-refractivity contribution in [3.05, 3.63) is 0 Å². The molecule has 1 heterocycles. The molecule has 2 rings (SSSR count). The van der Waals surface area contributed by atoms with E-state index in [1.54, 1.807) is 0 Å². The van der Waals surface area contributed by atoms with E-state index in [2.05, 4.69) is 11.9 Å². The molecule has 1 aliphatic carbocycles. The molecule has 4 heteroatoms. The number of hydrogen-bond acceptors (Lipinski definition) is 3. The second-order valence-electron chi connectivity index (χ2n) is 4.96. The Morgan fingerprint density at radius 1 is 1.06 bits per heavy atom. The highest BCUT2D eigenvalue weighted by molar-refractivity contribution is 5.86. The van der Waals surface area contributed by atoms with Crippen LogP contribution in [-0.2, 0) is 4.79 Å². The lowest BCUT2D eigenvalue weighted by Gasteiger charge is -2.37. The summed E-state index contributed by atoms with van der Waals surface area (Å²) < 4.78 is 0. The van der Waals surface area contributed by atoms with Crippen LogP contribution in [0.15, 0.2) is 0 Å². The van der Waals surface area contributed by atoms with Gasteiger partial charge in [0, 0.05) is 26.2 Å². The first-order valence-electron chi connectivity index (χ1n) is 6.89. The van der Waals surface area contributed by atoms with Gasteiger partial charge in [0.15, 0.2) is 0 Å². The van der Waals surface area contributed by atoms with Crippen LogP contribution < -0.4 is 5.73 Å². The molecule has 0 atom stereocenters. The molecule has 4 nitrogen and oxygen atoms in total. The van der Waals surface area contributed by atoms with Crippen LogP contribution in [0.3, 0.4) is 0 Å². The fourth-order valence-corrected chi connectivity index (χ4v) is 2.54. The van der Waals surface area contributed by atoms with Gasteiger partial charge in [-0.3, -0.25) is 4.79 Å². The highest BCUT2D eigenvalue weighted by Gasteiger charge is 2.40. The quantitative estimate of drug-likeness (QED) is 0.747. The number of carbonyl (C=O) groups is 1. The van der Waals surface area contributed by atoms with Crippen molar-refractivity contribution in [2.45, 2.75) is 45.1 Å². The van der Waals surface area contributed by atoms with Crippen molar-refractivity contribution in [1.82, 2.24) is 9.80 Å². The van der Waals surface area contributed by atoms with E-state index in [0.717, 1.165) is 51.9 Å². The third-order valence-corrected chi connectivity index (χ3v) is 3.71. The Balaban J connectivity index is 0.000000686. The highest BCUT2D eigenvalue weighted by atomic mass is 16.2. The zero-order valence-electron chi connectivity index (χ0n) is 11.5. The largest absolute Gasteiger partial charge is 0.339 e. The Labute approximate surface area is 105 Å². The lowest BCUT2D eigenvalue weighted by molar-refractivity contribution is -0.138. The Morgan fingerprint density at radius 3 is 2.00 bits per heavy atom. The lowest BCUT2D eigenvalue weighted by Crippen LogP contribution is -2.58. The molecule has 0 unspecified atom stereocenters. The molecule has 1 saturated heterocycles. The third kappa shape index (κ3) is 3.42. The number of piperazine rings is 1. The maximum Gasteiger partial charge on any atom is 0.242 e. The zero-order valence-corrected chi connectivity index (χ0v) is 11.5. The van der Waals surface area contributed by atoms with Gasteiger partial charge in [-0.05, 0) is 19.9 Å². The van der Waals surface area contributed by atoms with Crippen LogP contribution in [0, 0.1) is 0 Å². The molecule has 0 spiro atoms. The van der Waals surface area contributed by atoms with Crippen molar-refractivity contribution >= 4 is 5.91 Å². The molecule has 2 aliphatic rings. The van der Waals surface area contributed by atoms with Gasteiger partial charge in [0.25, 0.3) is 0 Å².